The molecule has 1 aromatic rings. The van der Waals surface area contributed by atoms with Crippen LogP contribution >= 0.6 is 11.3 Å². The topological polar surface area (TPSA) is 73.8 Å². The lowest BCUT2D eigenvalue weighted by molar-refractivity contribution is 0.128. The highest BCUT2D eigenvalue weighted by atomic mass is 32.2. The van der Waals surface area contributed by atoms with E-state index in [1.54, 1.807) is 6.92 Å². The maximum atomic E-state index is 11.6. The maximum absolute atomic E-state index is 11.6. The molecule has 1 aliphatic heterocycles. The summed E-state index contributed by atoms with van der Waals surface area (Å²) in [5.41, 5.74) is 0. The van der Waals surface area contributed by atoms with Crippen molar-refractivity contribution in [3.63, 3.8) is 0 Å². The van der Waals surface area contributed by atoms with E-state index < -0.39 is 9.84 Å². The third kappa shape index (κ3) is 6.25. The molecular weight excluding hydrogens is 368 g/mol. The lowest BCUT2D eigenvalue weighted by Crippen LogP contribution is -2.41. The molecular formula is C18H32N4O2S2. The van der Waals surface area contributed by atoms with Crippen LogP contribution in [0.4, 0.5) is 0 Å². The minimum absolute atomic E-state index is 0.137. The van der Waals surface area contributed by atoms with Gasteiger partial charge in [-0.05, 0) is 50.7 Å². The molecule has 2 heterocycles. The highest BCUT2D eigenvalue weighted by Crippen LogP contribution is 2.37. The SMILES string of the molecule is CCNC(=NCC1CCCN(C)C1c1cccs1)NCCS(=O)(=O)CC. The molecule has 26 heavy (non-hydrogen) atoms. The lowest BCUT2D eigenvalue weighted by Gasteiger charge is -2.38. The van der Waals surface area contributed by atoms with E-state index in [1.807, 2.05) is 18.3 Å². The maximum Gasteiger partial charge on any atom is 0.191 e. The summed E-state index contributed by atoms with van der Waals surface area (Å²) in [5, 5.41) is 8.52. The first-order chi connectivity index (χ1) is 12.5. The summed E-state index contributed by atoms with van der Waals surface area (Å²) in [7, 11) is -0.768. The summed E-state index contributed by atoms with van der Waals surface area (Å²) in [6.45, 7) is 6.70. The van der Waals surface area contributed by atoms with Crippen molar-refractivity contribution in [3.8, 4) is 0 Å². The Labute approximate surface area is 162 Å². The highest BCUT2D eigenvalue weighted by molar-refractivity contribution is 7.91. The standard InChI is InChI=1S/C18H32N4O2S2/c1-4-19-18(20-10-13-26(23,24)5-2)21-14-15-8-6-11-22(3)17(15)16-9-7-12-25-16/h7,9,12,15,17H,4-6,8,10-11,13-14H2,1-3H3,(H2,19,20,21). The van der Waals surface area contributed by atoms with Gasteiger partial charge in [-0.1, -0.05) is 13.0 Å². The molecule has 1 aliphatic rings. The van der Waals surface area contributed by atoms with Gasteiger partial charge in [0.1, 0.15) is 0 Å². The van der Waals surface area contributed by atoms with Gasteiger partial charge in [0.05, 0.1) is 5.75 Å². The predicted molar refractivity (Wildman–Crippen MR) is 111 cm³/mol. The fourth-order valence-corrected chi connectivity index (χ4v) is 5.06. The van der Waals surface area contributed by atoms with Crippen LogP contribution in [0.1, 0.15) is 37.6 Å². The van der Waals surface area contributed by atoms with Crippen molar-refractivity contribution in [2.75, 3.05) is 44.7 Å². The van der Waals surface area contributed by atoms with Gasteiger partial charge in [0.25, 0.3) is 0 Å². The minimum Gasteiger partial charge on any atom is -0.357 e. The summed E-state index contributed by atoms with van der Waals surface area (Å²) in [6.07, 6.45) is 2.36. The van der Waals surface area contributed by atoms with Crippen LogP contribution in [0.3, 0.4) is 0 Å². The van der Waals surface area contributed by atoms with Gasteiger partial charge in [0.15, 0.2) is 15.8 Å². The molecule has 0 radical (unpaired) electrons. The third-order valence-electron chi connectivity index (χ3n) is 4.82. The Morgan fingerprint density at radius 3 is 2.85 bits per heavy atom. The van der Waals surface area contributed by atoms with E-state index in [2.05, 4.69) is 40.1 Å². The molecule has 0 amide bonds. The number of sulfone groups is 1. The Balaban J connectivity index is 1.99. The summed E-state index contributed by atoms with van der Waals surface area (Å²) in [4.78, 5) is 8.59. The summed E-state index contributed by atoms with van der Waals surface area (Å²) in [5.74, 6) is 1.50. The molecule has 1 fully saturated rings. The van der Waals surface area contributed by atoms with Crippen LogP contribution in [0.2, 0.25) is 0 Å². The molecule has 2 N–H and O–H groups in total. The third-order valence-corrected chi connectivity index (χ3v) is 7.46. The smallest absolute Gasteiger partial charge is 0.191 e. The van der Waals surface area contributed by atoms with Crippen LogP contribution in [0.15, 0.2) is 22.5 Å². The van der Waals surface area contributed by atoms with Crippen molar-refractivity contribution < 1.29 is 8.42 Å². The fraction of sp³-hybridized carbons (Fsp3) is 0.722. The summed E-state index contributed by atoms with van der Waals surface area (Å²) >= 11 is 1.81. The van der Waals surface area contributed by atoms with Crippen molar-refractivity contribution in [2.45, 2.75) is 32.7 Å². The number of likely N-dealkylation sites (tertiary alicyclic amines) is 1. The Morgan fingerprint density at radius 2 is 2.19 bits per heavy atom. The molecule has 2 rings (SSSR count). The number of rotatable bonds is 8. The number of nitrogens with one attached hydrogen (secondary N) is 2. The average Bonchev–Trinajstić information content (AvgIpc) is 3.13. The first kappa shape index (κ1) is 21.2. The van der Waals surface area contributed by atoms with Crippen molar-refractivity contribution in [1.29, 1.82) is 0 Å². The van der Waals surface area contributed by atoms with Crippen molar-refractivity contribution in [3.05, 3.63) is 22.4 Å². The van der Waals surface area contributed by atoms with E-state index in [4.69, 9.17) is 4.99 Å². The molecule has 8 heteroatoms. The zero-order chi connectivity index (χ0) is 19.0. The van der Waals surface area contributed by atoms with Crippen LogP contribution in [-0.2, 0) is 9.84 Å². The van der Waals surface area contributed by atoms with Crippen LogP contribution in [0, 0.1) is 5.92 Å². The monoisotopic (exact) mass is 400 g/mol. The average molecular weight is 401 g/mol. The molecule has 2 atom stereocenters. The molecule has 0 spiro atoms. The lowest BCUT2D eigenvalue weighted by atomic mass is 9.88. The van der Waals surface area contributed by atoms with Gasteiger partial charge in [-0.15, -0.1) is 11.3 Å². The Morgan fingerprint density at radius 1 is 1.38 bits per heavy atom. The molecule has 2 unspecified atom stereocenters. The number of hydrogen-bond donors (Lipinski definition) is 2. The largest absolute Gasteiger partial charge is 0.357 e. The molecule has 148 valence electrons. The minimum atomic E-state index is -2.96. The van der Waals surface area contributed by atoms with Gasteiger partial charge in [0, 0.05) is 36.3 Å². The van der Waals surface area contributed by atoms with E-state index in [-0.39, 0.29) is 11.5 Å². The van der Waals surface area contributed by atoms with Gasteiger partial charge < -0.3 is 10.6 Å². The van der Waals surface area contributed by atoms with Crippen LogP contribution in [0.25, 0.3) is 0 Å². The second kappa shape index (κ2) is 10.3. The highest BCUT2D eigenvalue weighted by Gasteiger charge is 2.31. The second-order valence-corrected chi connectivity index (χ2v) is 10.2. The zero-order valence-electron chi connectivity index (χ0n) is 16.1. The molecule has 0 aliphatic carbocycles. The first-order valence-electron chi connectivity index (χ1n) is 9.43. The Bertz CT molecular complexity index is 659. The molecule has 0 bridgehead atoms. The molecule has 1 saturated heterocycles. The van der Waals surface area contributed by atoms with Gasteiger partial charge in [-0.25, -0.2) is 8.42 Å². The van der Waals surface area contributed by atoms with Crippen LogP contribution < -0.4 is 10.6 Å². The quantitative estimate of drug-likeness (QED) is 0.516. The number of aliphatic imine (C=N–C) groups is 1. The summed E-state index contributed by atoms with van der Waals surface area (Å²) < 4.78 is 23.3. The van der Waals surface area contributed by atoms with Crippen LogP contribution in [-0.4, -0.2) is 64.0 Å². The first-order valence-corrected chi connectivity index (χ1v) is 12.1. The Hall–Kier alpha value is -1.12. The van der Waals surface area contributed by atoms with Gasteiger partial charge in [0.2, 0.25) is 0 Å². The van der Waals surface area contributed by atoms with E-state index in [0.717, 1.165) is 19.6 Å². The van der Waals surface area contributed by atoms with E-state index in [9.17, 15) is 8.42 Å². The molecule has 1 aromatic heterocycles. The van der Waals surface area contributed by atoms with Crippen molar-refractivity contribution in [1.82, 2.24) is 15.5 Å². The number of hydrogen-bond acceptors (Lipinski definition) is 5. The number of piperidine rings is 1. The molecule has 0 aromatic carbocycles. The number of thiophene rings is 1. The van der Waals surface area contributed by atoms with E-state index in [0.29, 0.717) is 24.5 Å². The van der Waals surface area contributed by atoms with Crippen LogP contribution in [0.5, 0.6) is 0 Å². The zero-order valence-corrected chi connectivity index (χ0v) is 17.7. The van der Waals surface area contributed by atoms with Gasteiger partial charge in [-0.3, -0.25) is 9.89 Å². The molecule has 6 nitrogen and oxygen atoms in total. The predicted octanol–water partition coefficient (Wildman–Crippen LogP) is 2.12. The van der Waals surface area contributed by atoms with E-state index >= 15 is 0 Å². The Kier molecular flexibility index (Phi) is 8.37. The number of guanidine groups is 1. The molecule has 0 saturated carbocycles. The number of nitrogens with zero attached hydrogens (tertiary/aromatic N) is 2. The fourth-order valence-electron chi connectivity index (χ4n) is 3.38. The normalized spacial score (nSPS) is 22.3. The van der Waals surface area contributed by atoms with E-state index in [1.165, 1.54) is 17.7 Å². The van der Waals surface area contributed by atoms with Gasteiger partial charge >= 0.3 is 0 Å². The second-order valence-electron chi connectivity index (χ2n) is 6.73. The van der Waals surface area contributed by atoms with Gasteiger partial charge in [-0.2, -0.15) is 0 Å². The van der Waals surface area contributed by atoms with Crippen molar-refractivity contribution >= 4 is 27.1 Å². The van der Waals surface area contributed by atoms with Crippen molar-refractivity contribution in [2.24, 2.45) is 10.9 Å². The summed E-state index contributed by atoms with van der Waals surface area (Å²) in [6, 6.07) is 4.74.